The van der Waals surface area contributed by atoms with Crippen molar-refractivity contribution >= 4 is 27.7 Å². The molecule has 2 aromatic carbocycles. The molecule has 0 aliphatic heterocycles. The molecule has 8 heteroatoms. The lowest BCUT2D eigenvalue weighted by Crippen LogP contribution is -2.32. The second kappa shape index (κ2) is 10.7. The van der Waals surface area contributed by atoms with Crippen LogP contribution in [0.5, 0.6) is 11.6 Å². The Balaban J connectivity index is 1.65. The van der Waals surface area contributed by atoms with E-state index in [-0.39, 0.29) is 30.7 Å². The Morgan fingerprint density at radius 2 is 1.90 bits per heavy atom. The van der Waals surface area contributed by atoms with Gasteiger partial charge in [0.2, 0.25) is 17.7 Å². The van der Waals surface area contributed by atoms with Gasteiger partial charge in [-0.2, -0.15) is 0 Å². The topological polar surface area (TPSA) is 80.3 Å². The zero-order valence-electron chi connectivity index (χ0n) is 16.8. The maximum absolute atomic E-state index is 13.4. The molecule has 1 aromatic heterocycles. The fraction of sp³-hybridized carbons (Fsp3) is 0.174. The monoisotopic (exact) mass is 485 g/mol. The van der Waals surface area contributed by atoms with E-state index >= 15 is 0 Å². The number of hydrogen-bond acceptors (Lipinski definition) is 4. The quantitative estimate of drug-likeness (QED) is 0.486. The minimum Gasteiger partial charge on any atom is -0.439 e. The molecule has 0 saturated carbocycles. The maximum atomic E-state index is 13.4. The van der Waals surface area contributed by atoms with Crippen molar-refractivity contribution in [2.45, 2.75) is 25.9 Å². The molecule has 0 aliphatic rings. The zero-order chi connectivity index (χ0) is 22.2. The van der Waals surface area contributed by atoms with Gasteiger partial charge < -0.3 is 15.4 Å². The van der Waals surface area contributed by atoms with Gasteiger partial charge in [-0.05, 0) is 35.9 Å². The van der Waals surface area contributed by atoms with E-state index in [0.29, 0.717) is 11.3 Å². The molecular weight excluding hydrogens is 465 g/mol. The van der Waals surface area contributed by atoms with Gasteiger partial charge in [0.25, 0.3) is 0 Å². The molecule has 160 valence electrons. The molecule has 0 bridgehead atoms. The highest BCUT2D eigenvalue weighted by molar-refractivity contribution is 9.10. The van der Waals surface area contributed by atoms with Gasteiger partial charge in [0.1, 0.15) is 11.6 Å². The van der Waals surface area contributed by atoms with Crippen LogP contribution in [0.1, 0.15) is 30.5 Å². The summed E-state index contributed by atoms with van der Waals surface area (Å²) in [7, 11) is 0. The first-order chi connectivity index (χ1) is 14.9. The number of nitrogens with one attached hydrogen (secondary N) is 2. The number of rotatable bonds is 8. The summed E-state index contributed by atoms with van der Waals surface area (Å²) in [6.45, 7) is 1.58. The molecule has 1 atom stereocenters. The van der Waals surface area contributed by atoms with Crippen LogP contribution < -0.4 is 15.4 Å². The SMILES string of the molecule is CC(=O)NC(CC(=O)NCc1cccnc1Oc1cccc(F)c1)c1ccc(Br)cc1. The lowest BCUT2D eigenvalue weighted by molar-refractivity contribution is -0.122. The van der Waals surface area contributed by atoms with E-state index in [4.69, 9.17) is 4.74 Å². The summed E-state index contributed by atoms with van der Waals surface area (Å²) >= 11 is 3.38. The molecule has 0 aliphatic carbocycles. The summed E-state index contributed by atoms with van der Waals surface area (Å²) in [5, 5.41) is 5.63. The van der Waals surface area contributed by atoms with E-state index in [1.165, 1.54) is 19.1 Å². The van der Waals surface area contributed by atoms with Crippen LogP contribution in [0.4, 0.5) is 4.39 Å². The Labute approximate surface area is 188 Å². The van der Waals surface area contributed by atoms with Crippen molar-refractivity contribution in [1.29, 1.82) is 0 Å². The lowest BCUT2D eigenvalue weighted by Gasteiger charge is -2.18. The molecular formula is C23H21BrFN3O3. The Hall–Kier alpha value is -3.26. The number of hydrogen-bond donors (Lipinski definition) is 2. The first kappa shape index (κ1) is 22.4. The van der Waals surface area contributed by atoms with Crippen LogP contribution in [0.25, 0.3) is 0 Å². The summed E-state index contributed by atoms with van der Waals surface area (Å²) in [5.74, 6) is -0.298. The van der Waals surface area contributed by atoms with Gasteiger partial charge in [-0.3, -0.25) is 9.59 Å². The Morgan fingerprint density at radius 1 is 1.13 bits per heavy atom. The number of benzene rings is 2. The van der Waals surface area contributed by atoms with Crippen molar-refractivity contribution < 1.29 is 18.7 Å². The highest BCUT2D eigenvalue weighted by atomic mass is 79.9. The van der Waals surface area contributed by atoms with Crippen molar-refractivity contribution in [3.8, 4) is 11.6 Å². The highest BCUT2D eigenvalue weighted by Crippen LogP contribution is 2.24. The van der Waals surface area contributed by atoms with Crippen LogP contribution in [0.3, 0.4) is 0 Å². The fourth-order valence-corrected chi connectivity index (χ4v) is 3.20. The number of halogens is 2. The van der Waals surface area contributed by atoms with Gasteiger partial charge >= 0.3 is 0 Å². The third-order valence-electron chi connectivity index (χ3n) is 4.38. The predicted molar refractivity (Wildman–Crippen MR) is 118 cm³/mol. The van der Waals surface area contributed by atoms with E-state index in [1.54, 1.807) is 30.5 Å². The third kappa shape index (κ3) is 6.89. The summed E-state index contributed by atoms with van der Waals surface area (Å²) in [4.78, 5) is 28.4. The highest BCUT2D eigenvalue weighted by Gasteiger charge is 2.17. The van der Waals surface area contributed by atoms with Gasteiger partial charge in [-0.1, -0.05) is 40.2 Å². The summed E-state index contributed by atoms with van der Waals surface area (Å²) < 4.78 is 20.0. The summed E-state index contributed by atoms with van der Waals surface area (Å²) in [6.07, 6.45) is 1.63. The molecule has 1 heterocycles. The van der Waals surface area contributed by atoms with Gasteiger partial charge in [-0.25, -0.2) is 9.37 Å². The number of nitrogens with zero attached hydrogens (tertiary/aromatic N) is 1. The lowest BCUT2D eigenvalue weighted by atomic mass is 10.0. The van der Waals surface area contributed by atoms with E-state index in [0.717, 1.165) is 10.0 Å². The third-order valence-corrected chi connectivity index (χ3v) is 4.90. The largest absolute Gasteiger partial charge is 0.439 e. The maximum Gasteiger partial charge on any atom is 0.224 e. The molecule has 0 saturated heterocycles. The van der Waals surface area contributed by atoms with Crippen LogP contribution in [0.2, 0.25) is 0 Å². The van der Waals surface area contributed by atoms with Crippen LogP contribution in [0.15, 0.2) is 71.3 Å². The Morgan fingerprint density at radius 3 is 2.61 bits per heavy atom. The van der Waals surface area contributed by atoms with Crippen LogP contribution in [0, 0.1) is 5.82 Å². The molecule has 2 N–H and O–H groups in total. The van der Waals surface area contributed by atoms with Crippen LogP contribution >= 0.6 is 15.9 Å². The van der Waals surface area contributed by atoms with E-state index in [1.807, 2.05) is 24.3 Å². The smallest absolute Gasteiger partial charge is 0.224 e. The number of amides is 2. The van der Waals surface area contributed by atoms with E-state index in [9.17, 15) is 14.0 Å². The number of pyridine rings is 1. The fourth-order valence-electron chi connectivity index (χ4n) is 2.94. The standard InChI is InChI=1S/C23H21BrFN3O3/c1-15(29)28-21(16-7-9-18(24)10-8-16)13-22(30)27-14-17-4-3-11-26-23(17)31-20-6-2-5-19(25)12-20/h2-12,21H,13-14H2,1H3,(H,27,30)(H,28,29). The molecule has 0 radical (unpaired) electrons. The molecule has 0 spiro atoms. The van der Waals surface area contributed by atoms with Crippen molar-refractivity contribution in [3.05, 3.63) is 88.3 Å². The van der Waals surface area contributed by atoms with Gasteiger partial charge in [0.05, 0.1) is 12.5 Å². The average Bonchev–Trinajstić information content (AvgIpc) is 2.73. The molecule has 2 amide bonds. The van der Waals surface area contributed by atoms with Crippen molar-refractivity contribution in [3.63, 3.8) is 0 Å². The van der Waals surface area contributed by atoms with Gasteiger partial charge in [0, 0.05) is 35.8 Å². The first-order valence-corrected chi connectivity index (χ1v) is 10.4. The minimum absolute atomic E-state index is 0.0710. The first-order valence-electron chi connectivity index (χ1n) is 9.57. The molecule has 31 heavy (non-hydrogen) atoms. The zero-order valence-corrected chi connectivity index (χ0v) is 18.4. The van der Waals surface area contributed by atoms with Crippen molar-refractivity contribution in [2.75, 3.05) is 0 Å². The average molecular weight is 486 g/mol. The second-order valence-electron chi connectivity index (χ2n) is 6.81. The van der Waals surface area contributed by atoms with E-state index in [2.05, 4.69) is 31.5 Å². The van der Waals surface area contributed by atoms with Crippen molar-refractivity contribution in [2.24, 2.45) is 0 Å². The van der Waals surface area contributed by atoms with Crippen LogP contribution in [-0.4, -0.2) is 16.8 Å². The normalized spacial score (nSPS) is 11.5. The molecule has 0 fully saturated rings. The predicted octanol–water partition coefficient (Wildman–Crippen LogP) is 4.66. The van der Waals surface area contributed by atoms with E-state index < -0.39 is 11.9 Å². The number of ether oxygens (including phenoxy) is 1. The summed E-state index contributed by atoms with van der Waals surface area (Å²) in [5.41, 5.74) is 1.46. The summed E-state index contributed by atoms with van der Waals surface area (Å²) in [6, 6.07) is 16.2. The Kier molecular flexibility index (Phi) is 7.72. The van der Waals surface area contributed by atoms with Crippen LogP contribution in [-0.2, 0) is 16.1 Å². The number of aromatic nitrogens is 1. The van der Waals surface area contributed by atoms with Gasteiger partial charge in [0.15, 0.2) is 0 Å². The van der Waals surface area contributed by atoms with Crippen molar-refractivity contribution in [1.82, 2.24) is 15.6 Å². The second-order valence-corrected chi connectivity index (χ2v) is 7.73. The number of carbonyl (C=O) groups excluding carboxylic acids is 2. The Bertz CT molecular complexity index is 1060. The molecule has 6 nitrogen and oxygen atoms in total. The minimum atomic E-state index is -0.456. The molecule has 3 rings (SSSR count). The molecule has 1 unspecified atom stereocenters. The number of carbonyl (C=O) groups is 2. The molecule has 3 aromatic rings. The van der Waals surface area contributed by atoms with Gasteiger partial charge in [-0.15, -0.1) is 0 Å².